The summed E-state index contributed by atoms with van der Waals surface area (Å²) in [5.41, 5.74) is -0.177. The fourth-order valence-corrected chi connectivity index (χ4v) is 3.50. The van der Waals surface area contributed by atoms with E-state index in [-0.39, 0.29) is 23.1 Å². The topological polar surface area (TPSA) is 43.4 Å². The van der Waals surface area contributed by atoms with Crippen LogP contribution in [0, 0.1) is 17.3 Å². The molecule has 0 unspecified atom stereocenters. The molecular formula is C14H22O3. The van der Waals surface area contributed by atoms with Gasteiger partial charge in [0.2, 0.25) is 0 Å². The van der Waals surface area contributed by atoms with Crippen LogP contribution >= 0.6 is 0 Å². The minimum atomic E-state index is -0.498. The number of hydrogen-bond acceptors (Lipinski definition) is 3. The van der Waals surface area contributed by atoms with E-state index >= 15 is 0 Å². The molecule has 3 nitrogen and oxygen atoms in total. The smallest absolute Gasteiger partial charge is 0.316 e. The molecule has 3 heteroatoms. The quantitative estimate of drug-likeness (QED) is 0.549. The van der Waals surface area contributed by atoms with Crippen molar-refractivity contribution >= 4 is 11.8 Å². The number of ketones is 1. The van der Waals surface area contributed by atoms with Crippen LogP contribution in [0.5, 0.6) is 0 Å². The predicted octanol–water partition coefficient (Wildman–Crippen LogP) is 2.73. The first-order valence-corrected chi connectivity index (χ1v) is 6.82. The van der Waals surface area contributed by atoms with Gasteiger partial charge in [-0.25, -0.2) is 0 Å². The van der Waals surface area contributed by atoms with Crippen LogP contribution in [0.15, 0.2) is 0 Å². The van der Waals surface area contributed by atoms with Gasteiger partial charge in [-0.15, -0.1) is 0 Å². The van der Waals surface area contributed by atoms with Gasteiger partial charge in [0.05, 0.1) is 6.61 Å². The van der Waals surface area contributed by atoms with Gasteiger partial charge in [0.1, 0.15) is 5.92 Å². The number of esters is 1. The molecule has 0 aromatic rings. The molecule has 1 spiro atoms. The lowest BCUT2D eigenvalue weighted by molar-refractivity contribution is -0.159. The van der Waals surface area contributed by atoms with Crippen LogP contribution in [-0.2, 0) is 14.3 Å². The molecule has 0 N–H and O–H groups in total. The van der Waals surface area contributed by atoms with Gasteiger partial charge in [-0.3, -0.25) is 9.59 Å². The highest BCUT2D eigenvalue weighted by molar-refractivity contribution is 6.03. The van der Waals surface area contributed by atoms with Crippen LogP contribution in [0.1, 0.15) is 52.4 Å². The summed E-state index contributed by atoms with van der Waals surface area (Å²) in [5, 5.41) is 0. The summed E-state index contributed by atoms with van der Waals surface area (Å²) < 4.78 is 5.07. The third-order valence-corrected chi connectivity index (χ3v) is 4.55. The Morgan fingerprint density at radius 3 is 2.59 bits per heavy atom. The van der Waals surface area contributed by atoms with Crippen LogP contribution < -0.4 is 0 Å². The first kappa shape index (κ1) is 12.6. The molecule has 96 valence electrons. The highest BCUT2D eigenvalue weighted by atomic mass is 16.5. The average molecular weight is 238 g/mol. The van der Waals surface area contributed by atoms with E-state index in [1.807, 2.05) is 6.92 Å². The van der Waals surface area contributed by atoms with Gasteiger partial charge < -0.3 is 4.74 Å². The van der Waals surface area contributed by atoms with Crippen LogP contribution in [0.3, 0.4) is 0 Å². The Kier molecular flexibility index (Phi) is 3.55. The molecule has 17 heavy (non-hydrogen) atoms. The Labute approximate surface area is 103 Å². The molecule has 2 aliphatic carbocycles. The predicted molar refractivity (Wildman–Crippen MR) is 64.4 cm³/mol. The lowest BCUT2D eigenvalue weighted by Gasteiger charge is -2.38. The molecule has 0 aromatic heterocycles. The van der Waals surface area contributed by atoms with Crippen LogP contribution in [0.4, 0.5) is 0 Å². The molecule has 0 aliphatic heterocycles. The van der Waals surface area contributed by atoms with Crippen molar-refractivity contribution in [2.75, 3.05) is 6.61 Å². The SMILES string of the molecule is CCOC(=O)[C@H]1C(=O)C2(CCCC2)CC[C@H]1C. The summed E-state index contributed by atoms with van der Waals surface area (Å²) in [6.45, 7) is 4.16. The molecule has 0 radical (unpaired) electrons. The summed E-state index contributed by atoms with van der Waals surface area (Å²) in [6.07, 6.45) is 6.19. The Morgan fingerprint density at radius 2 is 2.00 bits per heavy atom. The number of hydrogen-bond donors (Lipinski definition) is 0. The number of rotatable bonds is 2. The van der Waals surface area contributed by atoms with Crippen LogP contribution in [-0.4, -0.2) is 18.4 Å². The van der Waals surface area contributed by atoms with E-state index in [0.29, 0.717) is 6.61 Å². The largest absolute Gasteiger partial charge is 0.465 e. The van der Waals surface area contributed by atoms with Crippen molar-refractivity contribution in [3.8, 4) is 0 Å². The molecule has 0 aromatic carbocycles. The summed E-state index contributed by atoms with van der Waals surface area (Å²) in [5.74, 6) is -0.474. The van der Waals surface area contributed by atoms with E-state index in [0.717, 1.165) is 38.5 Å². The van der Waals surface area contributed by atoms with Crippen LogP contribution in [0.25, 0.3) is 0 Å². The lowest BCUT2D eigenvalue weighted by atomic mass is 9.64. The first-order chi connectivity index (χ1) is 8.10. The van der Waals surface area contributed by atoms with Gasteiger partial charge in [0.25, 0.3) is 0 Å². The van der Waals surface area contributed by atoms with E-state index in [4.69, 9.17) is 4.74 Å². The molecule has 2 saturated carbocycles. The molecule has 0 saturated heterocycles. The third-order valence-electron chi connectivity index (χ3n) is 4.55. The van der Waals surface area contributed by atoms with Gasteiger partial charge in [-0.05, 0) is 38.5 Å². The van der Waals surface area contributed by atoms with Crippen molar-refractivity contribution in [1.29, 1.82) is 0 Å². The van der Waals surface area contributed by atoms with E-state index in [9.17, 15) is 9.59 Å². The summed E-state index contributed by atoms with van der Waals surface area (Å²) in [7, 11) is 0. The maximum atomic E-state index is 12.6. The second-order valence-corrected chi connectivity index (χ2v) is 5.60. The molecular weight excluding hydrogens is 216 g/mol. The Hall–Kier alpha value is -0.860. The van der Waals surface area contributed by atoms with Crippen molar-refractivity contribution in [1.82, 2.24) is 0 Å². The van der Waals surface area contributed by atoms with Crippen molar-refractivity contribution in [2.24, 2.45) is 17.3 Å². The monoisotopic (exact) mass is 238 g/mol. The van der Waals surface area contributed by atoms with Gasteiger partial charge in [0.15, 0.2) is 5.78 Å². The normalized spacial score (nSPS) is 31.8. The second kappa shape index (κ2) is 4.79. The van der Waals surface area contributed by atoms with E-state index in [1.165, 1.54) is 0 Å². The minimum absolute atomic E-state index is 0.146. The third kappa shape index (κ3) is 2.12. The van der Waals surface area contributed by atoms with Gasteiger partial charge in [-0.2, -0.15) is 0 Å². The fraction of sp³-hybridized carbons (Fsp3) is 0.857. The summed E-state index contributed by atoms with van der Waals surface area (Å²) >= 11 is 0. The summed E-state index contributed by atoms with van der Waals surface area (Å²) in [6, 6.07) is 0. The van der Waals surface area contributed by atoms with Crippen molar-refractivity contribution in [3.63, 3.8) is 0 Å². The van der Waals surface area contributed by atoms with Crippen molar-refractivity contribution < 1.29 is 14.3 Å². The van der Waals surface area contributed by atoms with Crippen molar-refractivity contribution in [2.45, 2.75) is 52.4 Å². The maximum absolute atomic E-state index is 12.6. The first-order valence-electron chi connectivity index (χ1n) is 6.82. The Morgan fingerprint density at radius 1 is 1.35 bits per heavy atom. The maximum Gasteiger partial charge on any atom is 0.316 e. The van der Waals surface area contributed by atoms with E-state index in [2.05, 4.69) is 0 Å². The number of Topliss-reactive ketones (excluding diaryl/α,β-unsaturated/α-hetero) is 1. The van der Waals surface area contributed by atoms with E-state index in [1.54, 1.807) is 6.92 Å². The van der Waals surface area contributed by atoms with Crippen molar-refractivity contribution in [3.05, 3.63) is 0 Å². The minimum Gasteiger partial charge on any atom is -0.465 e. The van der Waals surface area contributed by atoms with Gasteiger partial charge >= 0.3 is 5.97 Å². The number of carbonyl (C=O) groups is 2. The zero-order valence-electron chi connectivity index (χ0n) is 10.8. The highest BCUT2D eigenvalue weighted by Crippen LogP contribution is 2.50. The highest BCUT2D eigenvalue weighted by Gasteiger charge is 2.51. The second-order valence-electron chi connectivity index (χ2n) is 5.60. The molecule has 0 bridgehead atoms. The fourth-order valence-electron chi connectivity index (χ4n) is 3.50. The molecule has 2 rings (SSSR count). The summed E-state index contributed by atoms with van der Waals surface area (Å²) in [4.78, 5) is 24.5. The molecule has 0 amide bonds. The number of carbonyl (C=O) groups excluding carboxylic acids is 2. The zero-order chi connectivity index (χ0) is 12.5. The molecule has 2 fully saturated rings. The zero-order valence-corrected chi connectivity index (χ0v) is 10.8. The Balaban J connectivity index is 2.18. The molecule has 2 atom stereocenters. The molecule has 0 heterocycles. The molecule has 2 aliphatic rings. The standard InChI is InChI=1S/C14H22O3/c1-3-17-13(16)11-10(2)6-9-14(12(11)15)7-4-5-8-14/h10-11H,3-9H2,1-2H3/t10-,11-/m1/s1. The Bertz CT molecular complexity index is 315. The lowest BCUT2D eigenvalue weighted by Crippen LogP contribution is -2.45. The van der Waals surface area contributed by atoms with Gasteiger partial charge in [-0.1, -0.05) is 19.8 Å². The number of ether oxygens (including phenoxy) is 1. The van der Waals surface area contributed by atoms with Crippen LogP contribution in [0.2, 0.25) is 0 Å². The van der Waals surface area contributed by atoms with Gasteiger partial charge in [0, 0.05) is 5.41 Å². The average Bonchev–Trinajstić information content (AvgIpc) is 2.75. The van der Waals surface area contributed by atoms with E-state index < -0.39 is 5.92 Å².